The van der Waals surface area contributed by atoms with E-state index in [4.69, 9.17) is 14.2 Å². The largest absolute Gasteiger partial charge is 0.495 e. The summed E-state index contributed by atoms with van der Waals surface area (Å²) in [4.78, 5) is 12.5. The third kappa shape index (κ3) is 5.50. The second kappa shape index (κ2) is 10.4. The number of para-hydroxylation sites is 1. The molecule has 0 saturated carbocycles. The zero-order valence-corrected chi connectivity index (χ0v) is 17.7. The van der Waals surface area contributed by atoms with Gasteiger partial charge in [-0.3, -0.25) is 4.79 Å². The molecule has 162 valence electrons. The monoisotopic (exact) mass is 434 g/mol. The van der Waals surface area contributed by atoms with E-state index in [2.05, 4.69) is 5.32 Å². The van der Waals surface area contributed by atoms with Crippen molar-refractivity contribution in [2.45, 2.75) is 11.3 Å². The summed E-state index contributed by atoms with van der Waals surface area (Å²) in [6.45, 7) is 2.08. The van der Waals surface area contributed by atoms with E-state index in [9.17, 15) is 13.2 Å². The summed E-state index contributed by atoms with van der Waals surface area (Å²) in [5.41, 5.74) is 0.256. The van der Waals surface area contributed by atoms with Gasteiger partial charge in [0.05, 0.1) is 26.9 Å². The van der Waals surface area contributed by atoms with Gasteiger partial charge in [-0.25, -0.2) is 8.42 Å². The third-order valence-corrected chi connectivity index (χ3v) is 6.55. The molecule has 1 aliphatic heterocycles. The normalized spacial score (nSPS) is 14.8. The molecule has 1 fully saturated rings. The zero-order valence-electron chi connectivity index (χ0n) is 16.9. The number of benzene rings is 2. The molecule has 1 heterocycles. The Kier molecular flexibility index (Phi) is 7.67. The van der Waals surface area contributed by atoms with E-state index in [1.807, 2.05) is 30.3 Å². The second-order valence-corrected chi connectivity index (χ2v) is 8.56. The molecule has 3 rings (SSSR count). The number of amides is 1. The average molecular weight is 435 g/mol. The summed E-state index contributed by atoms with van der Waals surface area (Å²) in [5, 5.41) is 2.79. The van der Waals surface area contributed by atoms with Gasteiger partial charge in [-0.15, -0.1) is 0 Å². The molecule has 8 nitrogen and oxygen atoms in total. The van der Waals surface area contributed by atoms with Crippen LogP contribution in [0.25, 0.3) is 0 Å². The van der Waals surface area contributed by atoms with Crippen LogP contribution in [0.5, 0.6) is 11.5 Å². The van der Waals surface area contributed by atoms with Crippen LogP contribution >= 0.6 is 0 Å². The molecule has 0 unspecified atom stereocenters. The molecule has 1 saturated heterocycles. The Bertz CT molecular complexity index is 943. The van der Waals surface area contributed by atoms with E-state index in [1.165, 1.54) is 23.5 Å². The van der Waals surface area contributed by atoms with Crippen molar-refractivity contribution in [3.8, 4) is 11.5 Å². The number of ether oxygens (including phenoxy) is 3. The topological polar surface area (TPSA) is 94.2 Å². The molecule has 1 amide bonds. The first-order valence-electron chi connectivity index (χ1n) is 9.74. The first kappa shape index (κ1) is 22.1. The minimum atomic E-state index is -3.79. The fourth-order valence-electron chi connectivity index (χ4n) is 3.03. The standard InChI is InChI=1S/C21H26N2O6S/c1-27-19-9-8-17(16-20(19)30(25,26)23-11-14-28-15-12-23)21(24)22-10-5-13-29-18-6-3-2-4-7-18/h2-4,6-9,16H,5,10-15H2,1H3,(H,22,24). The number of hydrogen-bond acceptors (Lipinski definition) is 6. The number of nitrogens with zero attached hydrogens (tertiary/aromatic N) is 1. The van der Waals surface area contributed by atoms with Crippen LogP contribution in [0.15, 0.2) is 53.4 Å². The number of nitrogens with one attached hydrogen (secondary N) is 1. The lowest BCUT2D eigenvalue weighted by molar-refractivity contribution is 0.0729. The van der Waals surface area contributed by atoms with Gasteiger partial charge in [-0.2, -0.15) is 4.31 Å². The van der Waals surface area contributed by atoms with Gasteiger partial charge in [0.15, 0.2) is 0 Å². The molecule has 1 aliphatic rings. The highest BCUT2D eigenvalue weighted by Gasteiger charge is 2.30. The summed E-state index contributed by atoms with van der Waals surface area (Å²) in [6.07, 6.45) is 0.621. The summed E-state index contributed by atoms with van der Waals surface area (Å²) in [5.74, 6) is 0.627. The minimum Gasteiger partial charge on any atom is -0.495 e. The van der Waals surface area contributed by atoms with Crippen molar-refractivity contribution in [1.29, 1.82) is 0 Å². The average Bonchev–Trinajstić information content (AvgIpc) is 2.79. The van der Waals surface area contributed by atoms with Crippen LogP contribution in [-0.4, -0.2) is 65.2 Å². The number of sulfonamides is 1. The Hall–Kier alpha value is -2.62. The maximum atomic E-state index is 13.0. The van der Waals surface area contributed by atoms with Gasteiger partial charge in [0.2, 0.25) is 10.0 Å². The molecule has 1 N–H and O–H groups in total. The van der Waals surface area contributed by atoms with Crippen molar-refractivity contribution in [1.82, 2.24) is 9.62 Å². The van der Waals surface area contributed by atoms with Crippen molar-refractivity contribution in [3.63, 3.8) is 0 Å². The molecular formula is C21H26N2O6S. The van der Waals surface area contributed by atoms with Gasteiger partial charge in [-0.05, 0) is 36.8 Å². The zero-order chi connectivity index (χ0) is 21.4. The summed E-state index contributed by atoms with van der Waals surface area (Å²) in [6, 6.07) is 13.8. The molecule has 0 atom stereocenters. The number of carbonyl (C=O) groups excluding carboxylic acids is 1. The second-order valence-electron chi connectivity index (χ2n) is 6.65. The Labute approximate surface area is 176 Å². The van der Waals surface area contributed by atoms with Crippen molar-refractivity contribution in [2.24, 2.45) is 0 Å². The van der Waals surface area contributed by atoms with Crippen molar-refractivity contribution >= 4 is 15.9 Å². The number of hydrogen-bond donors (Lipinski definition) is 1. The lowest BCUT2D eigenvalue weighted by atomic mass is 10.2. The molecule has 30 heavy (non-hydrogen) atoms. The van der Waals surface area contributed by atoms with Crippen LogP contribution in [-0.2, 0) is 14.8 Å². The van der Waals surface area contributed by atoms with Crippen molar-refractivity contribution in [3.05, 3.63) is 54.1 Å². The SMILES string of the molecule is COc1ccc(C(=O)NCCCOc2ccccc2)cc1S(=O)(=O)N1CCOCC1. The van der Waals surface area contributed by atoms with E-state index in [1.54, 1.807) is 6.07 Å². The Morgan fingerprint density at radius 1 is 1.13 bits per heavy atom. The van der Waals surface area contributed by atoms with Gasteiger partial charge < -0.3 is 19.5 Å². The number of methoxy groups -OCH3 is 1. The molecule has 9 heteroatoms. The Balaban J connectivity index is 1.61. The number of morpholine rings is 1. The molecule has 0 radical (unpaired) electrons. The third-order valence-electron chi connectivity index (χ3n) is 4.63. The van der Waals surface area contributed by atoms with Crippen LogP contribution in [0, 0.1) is 0 Å². The quantitative estimate of drug-likeness (QED) is 0.606. The molecule has 2 aromatic rings. The van der Waals surface area contributed by atoms with E-state index in [-0.39, 0.29) is 35.2 Å². The van der Waals surface area contributed by atoms with Gasteiger partial charge in [0, 0.05) is 25.2 Å². The van der Waals surface area contributed by atoms with E-state index >= 15 is 0 Å². The molecule has 0 aliphatic carbocycles. The minimum absolute atomic E-state index is 0.0213. The molecule has 0 aromatic heterocycles. The Morgan fingerprint density at radius 2 is 1.87 bits per heavy atom. The lowest BCUT2D eigenvalue weighted by Crippen LogP contribution is -2.40. The van der Waals surface area contributed by atoms with Crippen LogP contribution < -0.4 is 14.8 Å². The van der Waals surface area contributed by atoms with E-state index in [0.717, 1.165) is 5.75 Å². The predicted molar refractivity (Wildman–Crippen MR) is 111 cm³/mol. The fourth-order valence-corrected chi connectivity index (χ4v) is 4.62. The van der Waals surface area contributed by atoms with Crippen LogP contribution in [0.1, 0.15) is 16.8 Å². The molecule has 0 bridgehead atoms. The Morgan fingerprint density at radius 3 is 2.57 bits per heavy atom. The van der Waals surface area contributed by atoms with Crippen LogP contribution in [0.4, 0.5) is 0 Å². The van der Waals surface area contributed by atoms with Gasteiger partial charge >= 0.3 is 0 Å². The fraction of sp³-hybridized carbons (Fsp3) is 0.381. The number of rotatable bonds is 9. The summed E-state index contributed by atoms with van der Waals surface area (Å²) in [7, 11) is -2.39. The van der Waals surface area contributed by atoms with Crippen LogP contribution in [0.2, 0.25) is 0 Å². The highest BCUT2D eigenvalue weighted by Crippen LogP contribution is 2.28. The first-order valence-corrected chi connectivity index (χ1v) is 11.2. The molecule has 2 aromatic carbocycles. The first-order chi connectivity index (χ1) is 14.5. The van der Waals surface area contributed by atoms with E-state index in [0.29, 0.717) is 32.8 Å². The van der Waals surface area contributed by atoms with Gasteiger partial charge in [0.1, 0.15) is 16.4 Å². The van der Waals surface area contributed by atoms with E-state index < -0.39 is 10.0 Å². The van der Waals surface area contributed by atoms with Crippen molar-refractivity contribution < 1.29 is 27.4 Å². The van der Waals surface area contributed by atoms with Gasteiger partial charge in [-0.1, -0.05) is 18.2 Å². The highest BCUT2D eigenvalue weighted by molar-refractivity contribution is 7.89. The summed E-state index contributed by atoms with van der Waals surface area (Å²) < 4.78 is 43.4. The maximum Gasteiger partial charge on any atom is 0.251 e. The predicted octanol–water partition coefficient (Wildman–Crippen LogP) is 1.92. The smallest absolute Gasteiger partial charge is 0.251 e. The van der Waals surface area contributed by atoms with Crippen LogP contribution in [0.3, 0.4) is 0 Å². The highest BCUT2D eigenvalue weighted by atomic mass is 32.2. The lowest BCUT2D eigenvalue weighted by Gasteiger charge is -2.26. The maximum absolute atomic E-state index is 13.0. The van der Waals surface area contributed by atoms with Gasteiger partial charge in [0.25, 0.3) is 5.91 Å². The van der Waals surface area contributed by atoms with Crippen molar-refractivity contribution in [2.75, 3.05) is 46.6 Å². The molecule has 0 spiro atoms. The molecular weight excluding hydrogens is 408 g/mol. The number of carbonyl (C=O) groups is 1. The summed E-state index contributed by atoms with van der Waals surface area (Å²) >= 11 is 0.